The summed E-state index contributed by atoms with van der Waals surface area (Å²) in [6, 6.07) is 8.15. The van der Waals surface area contributed by atoms with Gasteiger partial charge in [0.15, 0.2) is 5.69 Å². The number of amides is 1. The molecule has 3 rings (SSSR count). The number of hydrogen-bond acceptors (Lipinski definition) is 4. The summed E-state index contributed by atoms with van der Waals surface area (Å²) in [5.74, 6) is -0.0458. The molecule has 122 valence electrons. The average Bonchev–Trinajstić information content (AvgIpc) is 3.05. The number of carbonyl (C=O) groups excluding carboxylic acids is 1. The quantitative estimate of drug-likeness (QED) is 0.864. The van der Waals surface area contributed by atoms with Crippen LogP contribution in [0.1, 0.15) is 34.5 Å². The van der Waals surface area contributed by atoms with Gasteiger partial charge < -0.3 is 9.64 Å². The number of aromatic nitrogens is 3. The van der Waals surface area contributed by atoms with E-state index in [0.717, 1.165) is 12.8 Å². The van der Waals surface area contributed by atoms with Crippen molar-refractivity contribution in [1.82, 2.24) is 19.9 Å². The van der Waals surface area contributed by atoms with Crippen molar-refractivity contribution in [2.45, 2.75) is 32.4 Å². The zero-order valence-corrected chi connectivity index (χ0v) is 13.6. The van der Waals surface area contributed by atoms with E-state index in [1.165, 1.54) is 11.1 Å². The van der Waals surface area contributed by atoms with Crippen molar-refractivity contribution in [2.75, 3.05) is 20.2 Å². The van der Waals surface area contributed by atoms with E-state index in [0.29, 0.717) is 25.3 Å². The van der Waals surface area contributed by atoms with Crippen LogP contribution in [0.4, 0.5) is 0 Å². The molecule has 1 aliphatic rings. The van der Waals surface area contributed by atoms with E-state index in [9.17, 15) is 4.79 Å². The van der Waals surface area contributed by atoms with Gasteiger partial charge in [-0.15, -0.1) is 5.10 Å². The number of nitrogens with zero attached hydrogens (tertiary/aromatic N) is 4. The molecule has 0 aliphatic carbocycles. The van der Waals surface area contributed by atoms with E-state index >= 15 is 0 Å². The van der Waals surface area contributed by atoms with Crippen LogP contribution in [0.3, 0.4) is 0 Å². The lowest BCUT2D eigenvalue weighted by Gasteiger charge is -2.30. The second kappa shape index (κ2) is 6.91. The van der Waals surface area contributed by atoms with Gasteiger partial charge in [0.2, 0.25) is 0 Å². The SMILES string of the molecule is COC1CCN(C(=O)c2cn(Cc3ccccc3C)nn2)CC1. The number of methoxy groups -OCH3 is 1. The fourth-order valence-electron chi connectivity index (χ4n) is 2.89. The van der Waals surface area contributed by atoms with Crippen LogP contribution < -0.4 is 0 Å². The first-order chi connectivity index (χ1) is 11.2. The van der Waals surface area contributed by atoms with Crippen molar-refractivity contribution in [3.05, 3.63) is 47.3 Å². The minimum Gasteiger partial charge on any atom is -0.381 e. The highest BCUT2D eigenvalue weighted by molar-refractivity contribution is 5.92. The summed E-state index contributed by atoms with van der Waals surface area (Å²) in [4.78, 5) is 14.3. The molecule has 1 fully saturated rings. The van der Waals surface area contributed by atoms with Crippen molar-refractivity contribution in [3.8, 4) is 0 Å². The molecule has 0 spiro atoms. The lowest BCUT2D eigenvalue weighted by Crippen LogP contribution is -2.40. The molecule has 2 heterocycles. The van der Waals surface area contributed by atoms with Gasteiger partial charge in [-0.25, -0.2) is 4.68 Å². The van der Waals surface area contributed by atoms with Crippen molar-refractivity contribution in [3.63, 3.8) is 0 Å². The molecule has 2 aromatic rings. The summed E-state index contributed by atoms with van der Waals surface area (Å²) in [6.07, 6.45) is 3.74. The molecule has 1 aromatic carbocycles. The number of rotatable bonds is 4. The van der Waals surface area contributed by atoms with Gasteiger partial charge in [-0.05, 0) is 30.9 Å². The van der Waals surface area contributed by atoms with Crippen LogP contribution in [-0.2, 0) is 11.3 Å². The Labute approximate surface area is 136 Å². The van der Waals surface area contributed by atoms with Gasteiger partial charge in [0.05, 0.1) is 18.8 Å². The monoisotopic (exact) mass is 314 g/mol. The standard InChI is InChI=1S/C17H22N4O2/c1-13-5-3-4-6-14(13)11-21-12-16(18-19-21)17(22)20-9-7-15(23-2)8-10-20/h3-6,12,15H,7-11H2,1-2H3. The predicted octanol–water partition coefficient (Wildman–Crippen LogP) is 1.89. The summed E-state index contributed by atoms with van der Waals surface area (Å²) in [5, 5.41) is 8.14. The van der Waals surface area contributed by atoms with Crippen molar-refractivity contribution in [1.29, 1.82) is 0 Å². The molecule has 6 heteroatoms. The van der Waals surface area contributed by atoms with E-state index < -0.39 is 0 Å². The summed E-state index contributed by atoms with van der Waals surface area (Å²) in [7, 11) is 1.72. The lowest BCUT2D eigenvalue weighted by molar-refractivity contribution is 0.0347. The fourth-order valence-corrected chi connectivity index (χ4v) is 2.89. The molecule has 23 heavy (non-hydrogen) atoms. The third-order valence-corrected chi connectivity index (χ3v) is 4.41. The van der Waals surface area contributed by atoms with Gasteiger partial charge >= 0.3 is 0 Å². The van der Waals surface area contributed by atoms with E-state index in [2.05, 4.69) is 29.4 Å². The molecule has 0 atom stereocenters. The number of hydrogen-bond donors (Lipinski definition) is 0. The zero-order chi connectivity index (χ0) is 16.2. The summed E-state index contributed by atoms with van der Waals surface area (Å²) >= 11 is 0. The highest BCUT2D eigenvalue weighted by Gasteiger charge is 2.25. The smallest absolute Gasteiger partial charge is 0.276 e. The summed E-state index contributed by atoms with van der Waals surface area (Å²) in [5.41, 5.74) is 2.80. The van der Waals surface area contributed by atoms with Crippen molar-refractivity contribution < 1.29 is 9.53 Å². The fraction of sp³-hybridized carbons (Fsp3) is 0.471. The Balaban J connectivity index is 1.65. The van der Waals surface area contributed by atoms with E-state index in [1.807, 2.05) is 17.0 Å². The Morgan fingerprint density at radius 3 is 2.74 bits per heavy atom. The van der Waals surface area contributed by atoms with Crippen molar-refractivity contribution >= 4 is 5.91 Å². The maximum atomic E-state index is 12.5. The molecular weight excluding hydrogens is 292 g/mol. The highest BCUT2D eigenvalue weighted by Crippen LogP contribution is 2.15. The second-order valence-electron chi connectivity index (χ2n) is 5.96. The van der Waals surface area contributed by atoms with Gasteiger partial charge in [0, 0.05) is 20.2 Å². The van der Waals surface area contributed by atoms with Gasteiger partial charge in [-0.1, -0.05) is 29.5 Å². The first kappa shape index (κ1) is 15.7. The van der Waals surface area contributed by atoms with Crippen LogP contribution >= 0.6 is 0 Å². The molecule has 1 amide bonds. The minimum atomic E-state index is -0.0458. The van der Waals surface area contributed by atoms with Gasteiger partial charge in [-0.2, -0.15) is 0 Å². The zero-order valence-electron chi connectivity index (χ0n) is 13.6. The number of aryl methyl sites for hydroxylation is 1. The van der Waals surface area contributed by atoms with Crippen LogP contribution in [0, 0.1) is 6.92 Å². The van der Waals surface area contributed by atoms with Crippen LogP contribution in [-0.4, -0.2) is 52.1 Å². The predicted molar refractivity (Wildman–Crippen MR) is 86.2 cm³/mol. The lowest BCUT2D eigenvalue weighted by atomic mass is 10.1. The first-order valence-corrected chi connectivity index (χ1v) is 7.94. The minimum absolute atomic E-state index is 0.0458. The average molecular weight is 314 g/mol. The number of benzene rings is 1. The number of ether oxygens (including phenoxy) is 1. The number of carbonyl (C=O) groups is 1. The molecule has 0 N–H and O–H groups in total. The molecule has 1 aromatic heterocycles. The molecule has 0 radical (unpaired) electrons. The van der Waals surface area contributed by atoms with Gasteiger partial charge in [-0.3, -0.25) is 4.79 Å². The normalized spacial score (nSPS) is 15.8. The van der Waals surface area contributed by atoms with E-state index in [4.69, 9.17) is 4.74 Å². The Morgan fingerprint density at radius 2 is 2.04 bits per heavy atom. The third-order valence-electron chi connectivity index (χ3n) is 4.41. The molecule has 0 bridgehead atoms. The van der Waals surface area contributed by atoms with E-state index in [1.54, 1.807) is 18.0 Å². The summed E-state index contributed by atoms with van der Waals surface area (Å²) in [6.45, 7) is 4.11. The maximum absolute atomic E-state index is 12.5. The van der Waals surface area contributed by atoms with Crippen LogP contribution in [0.5, 0.6) is 0 Å². The topological polar surface area (TPSA) is 60.2 Å². The van der Waals surface area contributed by atoms with Crippen LogP contribution in [0.25, 0.3) is 0 Å². The number of likely N-dealkylation sites (tertiary alicyclic amines) is 1. The molecule has 1 aliphatic heterocycles. The molecular formula is C17H22N4O2. The summed E-state index contributed by atoms with van der Waals surface area (Å²) < 4.78 is 7.06. The van der Waals surface area contributed by atoms with Crippen LogP contribution in [0.2, 0.25) is 0 Å². The number of piperidine rings is 1. The van der Waals surface area contributed by atoms with Crippen LogP contribution in [0.15, 0.2) is 30.5 Å². The first-order valence-electron chi connectivity index (χ1n) is 7.94. The van der Waals surface area contributed by atoms with Gasteiger partial charge in [0.25, 0.3) is 5.91 Å². The second-order valence-corrected chi connectivity index (χ2v) is 5.96. The van der Waals surface area contributed by atoms with Crippen molar-refractivity contribution in [2.24, 2.45) is 0 Å². The maximum Gasteiger partial charge on any atom is 0.276 e. The molecule has 0 unspecified atom stereocenters. The molecule has 6 nitrogen and oxygen atoms in total. The Bertz CT molecular complexity index is 675. The Kier molecular flexibility index (Phi) is 4.71. The highest BCUT2D eigenvalue weighted by atomic mass is 16.5. The largest absolute Gasteiger partial charge is 0.381 e. The Hall–Kier alpha value is -2.21. The third kappa shape index (κ3) is 3.59. The Morgan fingerprint density at radius 1 is 1.30 bits per heavy atom. The molecule has 1 saturated heterocycles. The molecule has 0 saturated carbocycles. The van der Waals surface area contributed by atoms with Gasteiger partial charge in [0.1, 0.15) is 0 Å². The van der Waals surface area contributed by atoms with E-state index in [-0.39, 0.29) is 12.0 Å².